The Hall–Kier alpha value is -0.540. The molecule has 0 aliphatic heterocycles. The number of hydrogen-bond acceptors (Lipinski definition) is 3. The van der Waals surface area contributed by atoms with Gasteiger partial charge in [-0.15, -0.1) is 11.3 Å². The lowest BCUT2D eigenvalue weighted by atomic mass is 10.2. The van der Waals surface area contributed by atoms with Crippen molar-refractivity contribution < 1.29 is 0 Å². The van der Waals surface area contributed by atoms with E-state index in [1.807, 2.05) is 11.4 Å². The Labute approximate surface area is 84.2 Å². The molecule has 74 valence electrons. The van der Waals surface area contributed by atoms with Gasteiger partial charge in [-0.3, -0.25) is 0 Å². The van der Waals surface area contributed by atoms with E-state index in [0.717, 1.165) is 12.2 Å². The molecule has 0 aromatic carbocycles. The second-order valence-corrected chi connectivity index (χ2v) is 4.37. The third-order valence-corrected chi connectivity index (χ3v) is 3.05. The van der Waals surface area contributed by atoms with Crippen molar-refractivity contribution in [3.05, 3.63) is 16.3 Å². The van der Waals surface area contributed by atoms with E-state index in [9.17, 15) is 0 Å². The lowest BCUT2D eigenvalue weighted by molar-refractivity contribution is 0.511. The Morgan fingerprint density at radius 1 is 1.62 bits per heavy atom. The molecule has 3 heteroatoms. The fraction of sp³-hybridized carbons (Fsp3) is 0.600. The summed E-state index contributed by atoms with van der Waals surface area (Å²) in [5.41, 5.74) is 6.69. The Morgan fingerprint density at radius 2 is 2.38 bits per heavy atom. The first-order chi connectivity index (χ1) is 6.24. The summed E-state index contributed by atoms with van der Waals surface area (Å²) in [6.07, 6.45) is 2.46. The fourth-order valence-electron chi connectivity index (χ4n) is 1.30. The summed E-state index contributed by atoms with van der Waals surface area (Å²) in [6, 6.07) is 2.55. The molecule has 1 atom stereocenters. The van der Waals surface area contributed by atoms with E-state index < -0.39 is 0 Å². The van der Waals surface area contributed by atoms with E-state index >= 15 is 0 Å². The molecule has 0 aliphatic carbocycles. The summed E-state index contributed by atoms with van der Waals surface area (Å²) in [5, 5.41) is 5.50. The van der Waals surface area contributed by atoms with E-state index in [0.29, 0.717) is 6.04 Å². The van der Waals surface area contributed by atoms with Crippen molar-refractivity contribution in [3.63, 3.8) is 0 Å². The van der Waals surface area contributed by atoms with Gasteiger partial charge in [-0.25, -0.2) is 0 Å². The molecule has 0 bridgehead atoms. The first kappa shape index (κ1) is 10.5. The summed E-state index contributed by atoms with van der Waals surface area (Å²) >= 11 is 1.72. The summed E-state index contributed by atoms with van der Waals surface area (Å²) in [7, 11) is 0. The minimum Gasteiger partial charge on any atom is -0.398 e. The van der Waals surface area contributed by atoms with Gasteiger partial charge in [0.1, 0.15) is 0 Å². The molecule has 0 amide bonds. The average molecular weight is 198 g/mol. The first-order valence-electron chi connectivity index (χ1n) is 4.79. The molecule has 0 saturated carbocycles. The highest BCUT2D eigenvalue weighted by atomic mass is 32.1. The zero-order chi connectivity index (χ0) is 9.68. The average Bonchev–Trinajstić information content (AvgIpc) is 2.48. The molecule has 1 aromatic rings. The Kier molecular flexibility index (Phi) is 4.25. The van der Waals surface area contributed by atoms with Crippen LogP contribution in [0.2, 0.25) is 0 Å². The number of nitrogens with one attached hydrogen (secondary N) is 1. The number of rotatable bonds is 5. The predicted octanol–water partition coefficient (Wildman–Crippen LogP) is 2.61. The van der Waals surface area contributed by atoms with Crippen LogP contribution in [0.3, 0.4) is 0 Å². The third-order valence-electron chi connectivity index (χ3n) is 2.11. The second-order valence-electron chi connectivity index (χ2n) is 3.37. The van der Waals surface area contributed by atoms with Gasteiger partial charge in [0, 0.05) is 23.2 Å². The Morgan fingerprint density at radius 3 is 2.92 bits per heavy atom. The van der Waals surface area contributed by atoms with Crippen molar-refractivity contribution >= 4 is 17.0 Å². The van der Waals surface area contributed by atoms with Gasteiger partial charge in [-0.2, -0.15) is 0 Å². The highest BCUT2D eigenvalue weighted by Gasteiger charge is 2.03. The highest BCUT2D eigenvalue weighted by Crippen LogP contribution is 2.18. The molecule has 1 heterocycles. The van der Waals surface area contributed by atoms with Gasteiger partial charge in [0.15, 0.2) is 0 Å². The molecular weight excluding hydrogens is 180 g/mol. The van der Waals surface area contributed by atoms with Crippen LogP contribution in [0, 0.1) is 0 Å². The Balaban J connectivity index is 2.30. The van der Waals surface area contributed by atoms with Crippen LogP contribution in [0.15, 0.2) is 11.4 Å². The van der Waals surface area contributed by atoms with Crippen molar-refractivity contribution in [1.82, 2.24) is 5.32 Å². The van der Waals surface area contributed by atoms with Gasteiger partial charge in [-0.05, 0) is 24.8 Å². The van der Waals surface area contributed by atoms with Crippen molar-refractivity contribution in [2.75, 3.05) is 5.73 Å². The topological polar surface area (TPSA) is 38.0 Å². The minimum absolute atomic E-state index is 0.589. The maximum absolute atomic E-state index is 5.77. The maximum atomic E-state index is 5.77. The van der Waals surface area contributed by atoms with Crippen LogP contribution in [0.25, 0.3) is 0 Å². The fourth-order valence-corrected chi connectivity index (χ4v) is 2.05. The lowest BCUT2D eigenvalue weighted by Crippen LogP contribution is -2.24. The summed E-state index contributed by atoms with van der Waals surface area (Å²) < 4.78 is 0. The van der Waals surface area contributed by atoms with E-state index in [2.05, 4.69) is 19.2 Å². The van der Waals surface area contributed by atoms with Gasteiger partial charge >= 0.3 is 0 Å². The zero-order valence-corrected chi connectivity index (χ0v) is 9.16. The molecule has 2 nitrogen and oxygen atoms in total. The van der Waals surface area contributed by atoms with Gasteiger partial charge < -0.3 is 11.1 Å². The van der Waals surface area contributed by atoms with Crippen LogP contribution in [0.1, 0.15) is 31.6 Å². The summed E-state index contributed by atoms with van der Waals surface area (Å²) in [6.45, 7) is 5.33. The van der Waals surface area contributed by atoms with Gasteiger partial charge in [0.25, 0.3) is 0 Å². The molecular formula is C10H18N2S. The molecule has 0 spiro atoms. The van der Waals surface area contributed by atoms with E-state index in [1.165, 1.54) is 17.7 Å². The number of nitrogens with two attached hydrogens (primary N) is 1. The van der Waals surface area contributed by atoms with Crippen LogP contribution in [-0.4, -0.2) is 6.04 Å². The van der Waals surface area contributed by atoms with Gasteiger partial charge in [0.05, 0.1) is 0 Å². The van der Waals surface area contributed by atoms with Crippen LogP contribution in [0.4, 0.5) is 5.69 Å². The molecule has 0 saturated heterocycles. The number of anilines is 1. The SMILES string of the molecule is CCCC(C)NCc1sccc1N. The van der Waals surface area contributed by atoms with Crippen molar-refractivity contribution in [1.29, 1.82) is 0 Å². The monoisotopic (exact) mass is 198 g/mol. The molecule has 0 radical (unpaired) electrons. The van der Waals surface area contributed by atoms with Crippen LogP contribution in [-0.2, 0) is 6.54 Å². The molecule has 13 heavy (non-hydrogen) atoms. The van der Waals surface area contributed by atoms with Crippen molar-refractivity contribution in [2.45, 2.75) is 39.3 Å². The standard InChI is InChI=1S/C10H18N2S/c1-3-4-8(2)12-7-10-9(11)5-6-13-10/h5-6,8,12H,3-4,7,11H2,1-2H3. The minimum atomic E-state index is 0.589. The van der Waals surface area contributed by atoms with E-state index in [1.54, 1.807) is 11.3 Å². The van der Waals surface area contributed by atoms with E-state index in [4.69, 9.17) is 5.73 Å². The second kappa shape index (κ2) is 5.25. The molecule has 0 fully saturated rings. The third kappa shape index (κ3) is 3.36. The normalized spacial score (nSPS) is 13.1. The number of hydrogen-bond donors (Lipinski definition) is 2. The highest BCUT2D eigenvalue weighted by molar-refractivity contribution is 7.10. The summed E-state index contributed by atoms with van der Waals surface area (Å²) in [5.74, 6) is 0. The molecule has 0 aliphatic rings. The largest absolute Gasteiger partial charge is 0.398 e. The zero-order valence-electron chi connectivity index (χ0n) is 8.34. The molecule has 3 N–H and O–H groups in total. The maximum Gasteiger partial charge on any atom is 0.0468 e. The first-order valence-corrected chi connectivity index (χ1v) is 5.67. The van der Waals surface area contributed by atoms with Crippen LogP contribution >= 0.6 is 11.3 Å². The molecule has 1 rings (SSSR count). The van der Waals surface area contributed by atoms with Crippen LogP contribution in [0.5, 0.6) is 0 Å². The number of thiophene rings is 1. The lowest BCUT2D eigenvalue weighted by Gasteiger charge is -2.11. The quantitative estimate of drug-likeness (QED) is 0.763. The predicted molar refractivity (Wildman–Crippen MR) is 59.9 cm³/mol. The van der Waals surface area contributed by atoms with Gasteiger partial charge in [0.2, 0.25) is 0 Å². The van der Waals surface area contributed by atoms with E-state index in [-0.39, 0.29) is 0 Å². The van der Waals surface area contributed by atoms with Crippen LogP contribution < -0.4 is 11.1 Å². The molecule has 1 unspecified atom stereocenters. The number of nitrogen functional groups attached to an aromatic ring is 1. The van der Waals surface area contributed by atoms with Crippen molar-refractivity contribution in [2.24, 2.45) is 0 Å². The molecule has 1 aromatic heterocycles. The Bertz CT molecular complexity index is 245. The van der Waals surface area contributed by atoms with Crippen molar-refractivity contribution in [3.8, 4) is 0 Å². The summed E-state index contributed by atoms with van der Waals surface area (Å²) in [4.78, 5) is 1.25. The smallest absolute Gasteiger partial charge is 0.0468 e. The van der Waals surface area contributed by atoms with Gasteiger partial charge in [-0.1, -0.05) is 13.3 Å².